The van der Waals surface area contributed by atoms with Gasteiger partial charge in [0.05, 0.1) is 20.6 Å². The van der Waals surface area contributed by atoms with Crippen LogP contribution in [0.15, 0.2) is 76.1 Å². The van der Waals surface area contributed by atoms with Crippen molar-refractivity contribution in [2.24, 2.45) is 0 Å². The Kier molecular flexibility index (Phi) is 11.0. The monoisotopic (exact) mass is 693 g/mol. The zero-order valence-electron chi connectivity index (χ0n) is 23.5. The van der Waals surface area contributed by atoms with E-state index >= 15 is 0 Å². The third-order valence-corrected chi connectivity index (χ3v) is 10.5. The summed E-state index contributed by atoms with van der Waals surface area (Å²) in [6.45, 7) is 3.05. The van der Waals surface area contributed by atoms with Gasteiger partial charge in [0, 0.05) is 17.1 Å². The summed E-state index contributed by atoms with van der Waals surface area (Å²) in [5.74, 6) is -0.821. The first-order valence-electron chi connectivity index (χ1n) is 13.8. The van der Waals surface area contributed by atoms with E-state index in [9.17, 15) is 18.0 Å². The number of anilines is 1. The molecule has 1 saturated carbocycles. The average molecular weight is 696 g/mol. The van der Waals surface area contributed by atoms with Crippen LogP contribution in [0.4, 0.5) is 5.69 Å². The molecule has 0 aromatic heterocycles. The predicted molar refractivity (Wildman–Crippen MR) is 171 cm³/mol. The number of benzene rings is 3. The Hall–Kier alpha value is -2.59. The minimum absolute atomic E-state index is 0.0354. The maximum absolute atomic E-state index is 14.1. The second-order valence-electron chi connectivity index (χ2n) is 10.6. The zero-order chi connectivity index (χ0) is 30.4. The van der Waals surface area contributed by atoms with Crippen molar-refractivity contribution in [2.45, 2.75) is 69.5 Å². The van der Waals surface area contributed by atoms with Gasteiger partial charge in [0.25, 0.3) is 10.0 Å². The van der Waals surface area contributed by atoms with Crippen LogP contribution in [0.2, 0.25) is 10.0 Å². The molecule has 0 saturated heterocycles. The molecule has 1 atom stereocenters. The van der Waals surface area contributed by atoms with E-state index in [4.69, 9.17) is 23.2 Å². The lowest BCUT2D eigenvalue weighted by Gasteiger charge is -2.33. The fraction of sp³-hybridized carbons (Fsp3) is 0.355. The van der Waals surface area contributed by atoms with Crippen molar-refractivity contribution in [3.8, 4) is 0 Å². The molecule has 0 spiro atoms. The molecule has 3 aromatic rings. The Labute approximate surface area is 266 Å². The summed E-state index contributed by atoms with van der Waals surface area (Å²) in [4.78, 5) is 29.0. The Morgan fingerprint density at radius 2 is 1.60 bits per heavy atom. The number of aryl methyl sites for hydroxylation is 1. The Balaban J connectivity index is 1.68. The van der Waals surface area contributed by atoms with E-state index in [0.717, 1.165) is 46.4 Å². The highest BCUT2D eigenvalue weighted by atomic mass is 79.9. The molecule has 1 N–H and O–H groups in total. The van der Waals surface area contributed by atoms with Crippen LogP contribution in [0.3, 0.4) is 0 Å². The number of sulfonamides is 1. The average Bonchev–Trinajstić information content (AvgIpc) is 2.97. The van der Waals surface area contributed by atoms with Crippen molar-refractivity contribution in [1.82, 2.24) is 10.2 Å². The molecular formula is C31H34BrCl2N3O4S. The van der Waals surface area contributed by atoms with E-state index < -0.39 is 28.5 Å². The van der Waals surface area contributed by atoms with Gasteiger partial charge in [0.2, 0.25) is 11.8 Å². The van der Waals surface area contributed by atoms with Crippen molar-refractivity contribution >= 4 is 66.7 Å². The third-order valence-electron chi connectivity index (χ3n) is 7.46. The van der Waals surface area contributed by atoms with Gasteiger partial charge in [-0.05, 0) is 80.8 Å². The lowest BCUT2D eigenvalue weighted by molar-refractivity contribution is -0.139. The zero-order valence-corrected chi connectivity index (χ0v) is 27.4. The van der Waals surface area contributed by atoms with Gasteiger partial charge in [-0.1, -0.05) is 82.2 Å². The number of halogens is 3. The number of nitrogens with one attached hydrogen (secondary N) is 1. The van der Waals surface area contributed by atoms with E-state index in [1.165, 1.54) is 17.0 Å². The van der Waals surface area contributed by atoms with Crippen LogP contribution in [0.5, 0.6) is 0 Å². The van der Waals surface area contributed by atoms with Crippen molar-refractivity contribution in [3.63, 3.8) is 0 Å². The molecule has 3 aromatic carbocycles. The molecule has 0 bridgehead atoms. The number of nitrogens with zero attached hydrogens (tertiary/aromatic N) is 2. The summed E-state index contributed by atoms with van der Waals surface area (Å²) in [5, 5.41) is 3.78. The maximum atomic E-state index is 14.1. The lowest BCUT2D eigenvalue weighted by Crippen LogP contribution is -2.53. The number of carbonyl (C=O) groups is 2. The van der Waals surface area contributed by atoms with Crippen LogP contribution in [0.1, 0.15) is 50.2 Å². The molecule has 0 aliphatic heterocycles. The smallest absolute Gasteiger partial charge is 0.264 e. The summed E-state index contributed by atoms with van der Waals surface area (Å²) >= 11 is 15.8. The van der Waals surface area contributed by atoms with Crippen molar-refractivity contribution in [3.05, 3.63) is 92.4 Å². The lowest BCUT2D eigenvalue weighted by atomic mass is 9.95. The number of hydrogen-bond acceptors (Lipinski definition) is 4. The quantitative estimate of drug-likeness (QED) is 0.245. The fourth-order valence-electron chi connectivity index (χ4n) is 4.96. The van der Waals surface area contributed by atoms with Gasteiger partial charge in [0.15, 0.2) is 0 Å². The molecule has 1 aliphatic carbocycles. The van der Waals surface area contributed by atoms with Crippen LogP contribution in [0, 0.1) is 6.92 Å². The normalized spacial score (nSPS) is 14.7. The van der Waals surface area contributed by atoms with Crippen LogP contribution in [0.25, 0.3) is 0 Å². The SMILES string of the molecule is Cc1ccc(S(=O)(=O)N(CC(=O)N(Cc2ccc(Cl)c(Cl)c2)C(C)C(=O)NC2CCCCC2)c2ccc(Br)cc2)cc1. The number of amides is 2. The topological polar surface area (TPSA) is 86.8 Å². The van der Waals surface area contributed by atoms with Crippen LogP contribution in [-0.4, -0.2) is 43.8 Å². The molecule has 4 rings (SSSR count). The highest BCUT2D eigenvalue weighted by molar-refractivity contribution is 9.10. The highest BCUT2D eigenvalue weighted by Gasteiger charge is 2.33. The summed E-state index contributed by atoms with van der Waals surface area (Å²) in [5.41, 5.74) is 1.89. The van der Waals surface area contributed by atoms with Gasteiger partial charge >= 0.3 is 0 Å². The predicted octanol–water partition coefficient (Wildman–Crippen LogP) is 7.13. The van der Waals surface area contributed by atoms with E-state index in [-0.39, 0.29) is 23.4 Å². The van der Waals surface area contributed by atoms with Gasteiger partial charge in [0.1, 0.15) is 12.6 Å². The van der Waals surface area contributed by atoms with E-state index in [2.05, 4.69) is 21.2 Å². The van der Waals surface area contributed by atoms with Crippen molar-refractivity contribution in [2.75, 3.05) is 10.8 Å². The summed E-state index contributed by atoms with van der Waals surface area (Å²) < 4.78 is 29.7. The minimum atomic E-state index is -4.13. The second kappa shape index (κ2) is 14.3. The second-order valence-corrected chi connectivity index (χ2v) is 14.2. The number of carbonyl (C=O) groups excluding carboxylic acids is 2. The Bertz CT molecular complexity index is 1510. The first kappa shape index (κ1) is 32.3. The van der Waals surface area contributed by atoms with Gasteiger partial charge < -0.3 is 10.2 Å². The number of rotatable bonds is 10. The van der Waals surface area contributed by atoms with E-state index in [1.54, 1.807) is 61.5 Å². The summed E-state index contributed by atoms with van der Waals surface area (Å²) in [6, 6.07) is 17.3. The largest absolute Gasteiger partial charge is 0.352 e. The molecular weight excluding hydrogens is 661 g/mol. The van der Waals surface area contributed by atoms with Gasteiger partial charge in [-0.25, -0.2) is 8.42 Å². The fourth-order valence-corrected chi connectivity index (χ4v) is 6.96. The molecule has 1 aliphatic rings. The number of hydrogen-bond donors (Lipinski definition) is 1. The molecule has 42 heavy (non-hydrogen) atoms. The van der Waals surface area contributed by atoms with Crippen molar-refractivity contribution < 1.29 is 18.0 Å². The van der Waals surface area contributed by atoms with Crippen LogP contribution < -0.4 is 9.62 Å². The maximum Gasteiger partial charge on any atom is 0.264 e. The van der Waals surface area contributed by atoms with E-state index in [0.29, 0.717) is 21.3 Å². The molecule has 0 heterocycles. The molecule has 2 amide bonds. The molecule has 0 radical (unpaired) electrons. The standard InChI is InChI=1S/C31H34BrCl2N3O4S/c1-21-8-15-27(16-9-21)42(40,41)37(26-13-11-24(32)12-14-26)20-30(38)36(19-23-10-17-28(33)29(34)18-23)22(2)31(39)35-25-6-4-3-5-7-25/h8-18,22,25H,3-7,19-20H2,1-2H3,(H,35,39). The molecule has 1 unspecified atom stereocenters. The van der Waals surface area contributed by atoms with Crippen LogP contribution in [-0.2, 0) is 26.2 Å². The molecule has 1 fully saturated rings. The first-order chi connectivity index (χ1) is 20.0. The summed E-state index contributed by atoms with van der Waals surface area (Å²) in [7, 11) is -4.13. The molecule has 11 heteroatoms. The van der Waals surface area contributed by atoms with Gasteiger partial charge in [-0.3, -0.25) is 13.9 Å². The minimum Gasteiger partial charge on any atom is -0.352 e. The van der Waals surface area contributed by atoms with Gasteiger partial charge in [-0.2, -0.15) is 0 Å². The van der Waals surface area contributed by atoms with Crippen molar-refractivity contribution in [1.29, 1.82) is 0 Å². The third kappa shape index (κ3) is 8.07. The Morgan fingerprint density at radius 1 is 0.952 bits per heavy atom. The van der Waals surface area contributed by atoms with E-state index in [1.807, 2.05) is 6.92 Å². The van der Waals surface area contributed by atoms with Gasteiger partial charge in [-0.15, -0.1) is 0 Å². The highest BCUT2D eigenvalue weighted by Crippen LogP contribution is 2.28. The Morgan fingerprint density at radius 3 is 2.21 bits per heavy atom. The first-order valence-corrected chi connectivity index (χ1v) is 16.8. The summed E-state index contributed by atoms with van der Waals surface area (Å²) in [6.07, 6.45) is 5.02. The van der Waals surface area contributed by atoms with Crippen LogP contribution >= 0.6 is 39.1 Å². The molecule has 224 valence electrons. The molecule has 7 nitrogen and oxygen atoms in total.